The SMILES string of the molecule is C[C@@H]([C]=O)NC(=O)Cc1ccncc1. The third-order valence-corrected chi connectivity index (χ3v) is 1.67. The van der Waals surface area contributed by atoms with Crippen LogP contribution in [0.4, 0.5) is 0 Å². The number of pyridine rings is 1. The maximum absolute atomic E-state index is 11.3. The van der Waals surface area contributed by atoms with Crippen molar-refractivity contribution >= 4 is 12.2 Å². The van der Waals surface area contributed by atoms with Crippen molar-refractivity contribution in [2.24, 2.45) is 0 Å². The van der Waals surface area contributed by atoms with Crippen LogP contribution in [0, 0.1) is 0 Å². The van der Waals surface area contributed by atoms with Crippen molar-refractivity contribution in [2.45, 2.75) is 19.4 Å². The molecule has 1 atom stereocenters. The molecule has 0 aliphatic heterocycles. The predicted octanol–water partition coefficient (Wildman–Crippen LogP) is 0.238. The fourth-order valence-electron chi connectivity index (χ4n) is 1.01. The molecule has 1 amide bonds. The Morgan fingerprint density at radius 3 is 2.79 bits per heavy atom. The highest BCUT2D eigenvalue weighted by Gasteiger charge is 2.06. The Morgan fingerprint density at radius 1 is 1.57 bits per heavy atom. The fourth-order valence-corrected chi connectivity index (χ4v) is 1.01. The Morgan fingerprint density at radius 2 is 2.21 bits per heavy atom. The lowest BCUT2D eigenvalue weighted by Crippen LogP contribution is -2.34. The summed E-state index contributed by atoms with van der Waals surface area (Å²) in [5, 5.41) is 2.50. The number of carbonyl (C=O) groups excluding carboxylic acids is 2. The van der Waals surface area contributed by atoms with Crippen molar-refractivity contribution in [1.82, 2.24) is 10.3 Å². The van der Waals surface area contributed by atoms with Gasteiger partial charge in [-0.05, 0) is 24.6 Å². The summed E-state index contributed by atoms with van der Waals surface area (Å²) in [6, 6.07) is 2.97. The monoisotopic (exact) mass is 191 g/mol. The van der Waals surface area contributed by atoms with E-state index in [2.05, 4.69) is 10.3 Å². The van der Waals surface area contributed by atoms with Gasteiger partial charge in [0.05, 0.1) is 12.5 Å². The van der Waals surface area contributed by atoms with Crippen LogP contribution in [0.2, 0.25) is 0 Å². The molecule has 1 heterocycles. The molecule has 1 aromatic rings. The zero-order chi connectivity index (χ0) is 10.4. The molecule has 73 valence electrons. The number of nitrogens with one attached hydrogen (secondary N) is 1. The van der Waals surface area contributed by atoms with Gasteiger partial charge in [0.1, 0.15) is 0 Å². The maximum Gasteiger partial charge on any atom is 0.225 e. The quantitative estimate of drug-likeness (QED) is 0.741. The third-order valence-electron chi connectivity index (χ3n) is 1.67. The van der Waals surface area contributed by atoms with Crippen LogP contribution < -0.4 is 5.32 Å². The molecule has 0 spiro atoms. The lowest BCUT2D eigenvalue weighted by Gasteiger charge is -2.05. The average Bonchev–Trinajstić information content (AvgIpc) is 2.19. The molecule has 0 saturated heterocycles. The van der Waals surface area contributed by atoms with Crippen molar-refractivity contribution < 1.29 is 9.59 Å². The number of rotatable bonds is 4. The van der Waals surface area contributed by atoms with E-state index in [9.17, 15) is 9.59 Å². The smallest absolute Gasteiger partial charge is 0.225 e. The average molecular weight is 191 g/mol. The standard InChI is InChI=1S/C10H11N2O2/c1-8(7-13)12-10(14)6-9-2-4-11-5-3-9/h2-5,8H,6H2,1H3,(H,12,14)/t8-/m0/s1. The van der Waals surface area contributed by atoms with Gasteiger partial charge in [0.2, 0.25) is 12.2 Å². The summed E-state index contributed by atoms with van der Waals surface area (Å²) in [6.07, 6.45) is 5.19. The topological polar surface area (TPSA) is 59.1 Å². The second-order valence-electron chi connectivity index (χ2n) is 2.94. The lowest BCUT2D eigenvalue weighted by atomic mass is 10.2. The number of nitrogens with zero attached hydrogens (tertiary/aromatic N) is 1. The molecular weight excluding hydrogens is 180 g/mol. The van der Waals surface area contributed by atoms with Crippen LogP contribution in [0.1, 0.15) is 12.5 Å². The zero-order valence-corrected chi connectivity index (χ0v) is 7.86. The molecule has 1 N–H and O–H groups in total. The Balaban J connectivity index is 2.46. The van der Waals surface area contributed by atoms with E-state index in [4.69, 9.17) is 0 Å². The zero-order valence-electron chi connectivity index (χ0n) is 7.86. The minimum atomic E-state index is -0.552. The first-order chi connectivity index (χ1) is 6.72. The Bertz CT molecular complexity index is 311. The van der Waals surface area contributed by atoms with E-state index in [1.165, 1.54) is 0 Å². The molecule has 1 aromatic heterocycles. The largest absolute Gasteiger partial charge is 0.346 e. The summed E-state index contributed by atoms with van der Waals surface area (Å²) >= 11 is 0. The van der Waals surface area contributed by atoms with E-state index < -0.39 is 6.04 Å². The molecule has 0 aliphatic carbocycles. The molecule has 0 fully saturated rings. The summed E-state index contributed by atoms with van der Waals surface area (Å²) in [7, 11) is 0. The van der Waals surface area contributed by atoms with E-state index in [0.29, 0.717) is 0 Å². The summed E-state index contributed by atoms with van der Waals surface area (Å²) in [4.78, 5) is 25.3. The fraction of sp³-hybridized carbons (Fsp3) is 0.300. The summed E-state index contributed by atoms with van der Waals surface area (Å²) < 4.78 is 0. The van der Waals surface area contributed by atoms with Crippen LogP contribution in [-0.2, 0) is 16.0 Å². The number of amides is 1. The summed E-state index contributed by atoms with van der Waals surface area (Å²) in [5.74, 6) is -0.188. The van der Waals surface area contributed by atoms with Gasteiger partial charge in [-0.15, -0.1) is 0 Å². The number of hydrogen-bond donors (Lipinski definition) is 1. The van der Waals surface area contributed by atoms with Gasteiger partial charge >= 0.3 is 0 Å². The van der Waals surface area contributed by atoms with E-state index in [-0.39, 0.29) is 12.3 Å². The van der Waals surface area contributed by atoms with Crippen LogP contribution in [0.15, 0.2) is 24.5 Å². The molecule has 1 radical (unpaired) electrons. The van der Waals surface area contributed by atoms with Gasteiger partial charge in [-0.3, -0.25) is 14.6 Å². The number of hydrogen-bond acceptors (Lipinski definition) is 3. The van der Waals surface area contributed by atoms with Gasteiger partial charge < -0.3 is 5.32 Å². The third kappa shape index (κ3) is 3.35. The molecule has 0 unspecified atom stereocenters. The number of aromatic nitrogens is 1. The normalized spacial score (nSPS) is 11.8. The van der Waals surface area contributed by atoms with Crippen molar-refractivity contribution in [3.63, 3.8) is 0 Å². The van der Waals surface area contributed by atoms with E-state index in [1.807, 2.05) is 0 Å². The Labute approximate surface area is 82.3 Å². The van der Waals surface area contributed by atoms with Crippen molar-refractivity contribution in [3.8, 4) is 0 Å². The lowest BCUT2D eigenvalue weighted by molar-refractivity contribution is -0.120. The molecule has 4 nitrogen and oxygen atoms in total. The molecule has 0 aromatic carbocycles. The highest BCUT2D eigenvalue weighted by atomic mass is 16.2. The van der Waals surface area contributed by atoms with E-state index in [1.54, 1.807) is 37.7 Å². The summed E-state index contributed by atoms with van der Waals surface area (Å²) in [5.41, 5.74) is 0.871. The minimum Gasteiger partial charge on any atom is -0.346 e. The van der Waals surface area contributed by atoms with Crippen molar-refractivity contribution in [3.05, 3.63) is 30.1 Å². The van der Waals surface area contributed by atoms with Crippen LogP contribution in [0.5, 0.6) is 0 Å². The highest BCUT2D eigenvalue weighted by molar-refractivity contribution is 5.81. The molecule has 1 rings (SSSR count). The molecule has 4 heteroatoms. The van der Waals surface area contributed by atoms with Crippen LogP contribution >= 0.6 is 0 Å². The molecule has 0 aliphatic rings. The van der Waals surface area contributed by atoms with Gasteiger partial charge in [0, 0.05) is 12.4 Å². The van der Waals surface area contributed by atoms with Gasteiger partial charge in [0.25, 0.3) is 0 Å². The first-order valence-corrected chi connectivity index (χ1v) is 4.28. The molecule has 14 heavy (non-hydrogen) atoms. The molecule has 0 saturated carbocycles. The van der Waals surface area contributed by atoms with Crippen LogP contribution in [0.25, 0.3) is 0 Å². The first-order valence-electron chi connectivity index (χ1n) is 4.28. The van der Waals surface area contributed by atoms with Crippen LogP contribution in [-0.4, -0.2) is 23.2 Å². The predicted molar refractivity (Wildman–Crippen MR) is 51.2 cm³/mol. The van der Waals surface area contributed by atoms with Gasteiger partial charge in [-0.2, -0.15) is 0 Å². The number of carbonyl (C=O) groups is 1. The summed E-state index contributed by atoms with van der Waals surface area (Å²) in [6.45, 7) is 1.58. The first kappa shape index (κ1) is 10.4. The Kier molecular flexibility index (Phi) is 3.79. The van der Waals surface area contributed by atoms with Crippen molar-refractivity contribution in [2.75, 3.05) is 0 Å². The highest BCUT2D eigenvalue weighted by Crippen LogP contribution is 1.97. The van der Waals surface area contributed by atoms with Gasteiger partial charge in [-0.1, -0.05) is 0 Å². The second kappa shape index (κ2) is 5.11. The van der Waals surface area contributed by atoms with E-state index in [0.717, 1.165) is 5.56 Å². The minimum absolute atomic E-state index is 0.188. The van der Waals surface area contributed by atoms with Crippen molar-refractivity contribution in [1.29, 1.82) is 0 Å². The van der Waals surface area contributed by atoms with Gasteiger partial charge in [-0.25, -0.2) is 0 Å². The maximum atomic E-state index is 11.3. The van der Waals surface area contributed by atoms with Gasteiger partial charge in [0.15, 0.2) is 0 Å². The van der Waals surface area contributed by atoms with Crippen LogP contribution in [0.3, 0.4) is 0 Å². The van der Waals surface area contributed by atoms with E-state index >= 15 is 0 Å². The second-order valence-corrected chi connectivity index (χ2v) is 2.94. The Hall–Kier alpha value is -1.71. The molecular formula is C10H11N2O2. The molecule has 0 bridgehead atoms.